The predicted octanol–water partition coefficient (Wildman–Crippen LogP) is 1.94. The van der Waals surface area contributed by atoms with Crippen molar-refractivity contribution in [1.82, 2.24) is 5.32 Å². The van der Waals surface area contributed by atoms with Gasteiger partial charge in [-0.3, -0.25) is 9.59 Å². The van der Waals surface area contributed by atoms with Gasteiger partial charge in [-0.1, -0.05) is 23.7 Å². The lowest BCUT2D eigenvalue weighted by Gasteiger charge is -2.26. The molecule has 130 valence electrons. The number of hydrogen-bond donors (Lipinski definition) is 3. The average Bonchev–Trinajstić information content (AvgIpc) is 2.62. The first-order chi connectivity index (χ1) is 12.0. The summed E-state index contributed by atoms with van der Waals surface area (Å²) < 4.78 is 11.2. The summed E-state index contributed by atoms with van der Waals surface area (Å²) in [6.07, 6.45) is -0.411. The molecule has 0 saturated carbocycles. The number of phenolic OH excluding ortho intramolecular Hbond substituents is 1. The maximum Gasteiger partial charge on any atom is 0.313 e. The third kappa shape index (κ3) is 4.13. The van der Waals surface area contributed by atoms with Crippen LogP contribution >= 0.6 is 11.6 Å². The molecule has 1 unspecified atom stereocenters. The van der Waals surface area contributed by atoms with E-state index in [1.165, 1.54) is 18.2 Å². The summed E-state index contributed by atoms with van der Waals surface area (Å²) in [5, 5.41) is 14.7. The molecule has 2 aromatic carbocycles. The van der Waals surface area contributed by atoms with Crippen molar-refractivity contribution in [3.05, 3.63) is 47.5 Å². The van der Waals surface area contributed by atoms with Crippen molar-refractivity contribution in [3.63, 3.8) is 0 Å². The standard InChI is InChI=1S/C17H15ClN2O5/c18-10-5-6-13(21)12(7-10)20-17(23)16(22)19-8-11-9-24-14-3-1-2-4-15(14)25-11/h1-7,11,21H,8-9H2,(H,19,22)(H,20,23). The number of para-hydroxylation sites is 2. The van der Waals surface area contributed by atoms with E-state index in [1.54, 1.807) is 12.1 Å². The summed E-state index contributed by atoms with van der Waals surface area (Å²) in [5.74, 6) is -0.747. The topological polar surface area (TPSA) is 96.9 Å². The fraction of sp³-hybridized carbons (Fsp3) is 0.176. The van der Waals surface area contributed by atoms with Crippen LogP contribution in [0.3, 0.4) is 0 Å². The lowest BCUT2D eigenvalue weighted by atomic mass is 10.2. The van der Waals surface area contributed by atoms with Crippen LogP contribution in [0.5, 0.6) is 17.2 Å². The molecule has 0 saturated heterocycles. The predicted molar refractivity (Wildman–Crippen MR) is 91.1 cm³/mol. The Balaban J connectivity index is 1.52. The summed E-state index contributed by atoms with van der Waals surface area (Å²) in [6.45, 7) is 0.357. The van der Waals surface area contributed by atoms with Gasteiger partial charge in [0.1, 0.15) is 18.5 Å². The van der Waals surface area contributed by atoms with E-state index in [0.29, 0.717) is 16.5 Å². The van der Waals surface area contributed by atoms with Crippen molar-refractivity contribution < 1.29 is 24.2 Å². The molecule has 0 aromatic heterocycles. The highest BCUT2D eigenvalue weighted by Gasteiger charge is 2.23. The minimum Gasteiger partial charge on any atom is -0.506 e. The number of fused-ring (bicyclic) bond motifs is 1. The van der Waals surface area contributed by atoms with E-state index >= 15 is 0 Å². The van der Waals surface area contributed by atoms with E-state index in [4.69, 9.17) is 21.1 Å². The molecule has 2 amide bonds. The first-order valence-corrected chi connectivity index (χ1v) is 7.87. The van der Waals surface area contributed by atoms with Crippen molar-refractivity contribution in [2.75, 3.05) is 18.5 Å². The molecule has 25 heavy (non-hydrogen) atoms. The van der Waals surface area contributed by atoms with Crippen LogP contribution < -0.4 is 20.1 Å². The molecule has 1 aliphatic rings. The van der Waals surface area contributed by atoms with Gasteiger partial charge in [-0.15, -0.1) is 0 Å². The number of phenols is 1. The second-order valence-electron chi connectivity index (χ2n) is 5.32. The molecule has 7 nitrogen and oxygen atoms in total. The molecule has 2 aromatic rings. The highest BCUT2D eigenvalue weighted by atomic mass is 35.5. The number of carbonyl (C=O) groups excluding carboxylic acids is 2. The second kappa shape index (κ2) is 7.31. The van der Waals surface area contributed by atoms with Crippen LogP contribution in [0, 0.1) is 0 Å². The van der Waals surface area contributed by atoms with Crippen LogP contribution in [0.2, 0.25) is 5.02 Å². The van der Waals surface area contributed by atoms with Gasteiger partial charge in [0.05, 0.1) is 12.2 Å². The zero-order valence-electron chi connectivity index (χ0n) is 13.0. The minimum atomic E-state index is -0.922. The normalized spacial score (nSPS) is 15.3. The molecule has 8 heteroatoms. The Kier molecular flexibility index (Phi) is 4.95. The summed E-state index contributed by atoms with van der Waals surface area (Å²) in [5.41, 5.74) is 0.0545. The van der Waals surface area contributed by atoms with Crippen molar-refractivity contribution in [3.8, 4) is 17.2 Å². The van der Waals surface area contributed by atoms with Gasteiger partial charge in [0.25, 0.3) is 0 Å². The molecular formula is C17H15ClN2O5. The Bertz CT molecular complexity index is 811. The molecule has 1 atom stereocenters. The lowest BCUT2D eigenvalue weighted by Crippen LogP contribution is -2.44. The van der Waals surface area contributed by atoms with Crippen LogP contribution in [0.4, 0.5) is 5.69 Å². The van der Waals surface area contributed by atoms with Crippen LogP contribution in [-0.4, -0.2) is 36.2 Å². The molecule has 3 rings (SSSR count). The fourth-order valence-corrected chi connectivity index (χ4v) is 2.41. The maximum absolute atomic E-state index is 11.9. The zero-order valence-corrected chi connectivity index (χ0v) is 13.7. The van der Waals surface area contributed by atoms with Gasteiger partial charge in [0, 0.05) is 5.02 Å². The van der Waals surface area contributed by atoms with E-state index in [2.05, 4.69) is 10.6 Å². The fourth-order valence-electron chi connectivity index (χ4n) is 2.24. The minimum absolute atomic E-state index is 0.0545. The molecule has 0 spiro atoms. The van der Waals surface area contributed by atoms with Crippen molar-refractivity contribution in [2.24, 2.45) is 0 Å². The number of rotatable bonds is 3. The van der Waals surface area contributed by atoms with Gasteiger partial charge < -0.3 is 25.2 Å². The molecule has 0 aliphatic carbocycles. The third-order valence-electron chi connectivity index (χ3n) is 3.47. The van der Waals surface area contributed by atoms with Crippen LogP contribution in [-0.2, 0) is 9.59 Å². The maximum atomic E-state index is 11.9. The number of carbonyl (C=O) groups is 2. The van der Waals surface area contributed by atoms with Gasteiger partial charge in [0.15, 0.2) is 11.5 Å². The summed E-state index contributed by atoms with van der Waals surface area (Å²) >= 11 is 5.79. The van der Waals surface area contributed by atoms with Crippen LogP contribution in [0.1, 0.15) is 0 Å². The van der Waals surface area contributed by atoms with Crippen molar-refractivity contribution >= 4 is 29.1 Å². The number of halogens is 1. The quantitative estimate of drug-likeness (QED) is 0.572. The molecule has 0 bridgehead atoms. The Morgan fingerprint density at radius 1 is 1.16 bits per heavy atom. The largest absolute Gasteiger partial charge is 0.506 e. The third-order valence-corrected chi connectivity index (χ3v) is 3.71. The van der Waals surface area contributed by atoms with Crippen LogP contribution in [0.15, 0.2) is 42.5 Å². The van der Waals surface area contributed by atoms with Gasteiger partial charge in [-0.25, -0.2) is 0 Å². The van der Waals surface area contributed by atoms with E-state index in [1.807, 2.05) is 12.1 Å². The van der Waals surface area contributed by atoms with E-state index in [-0.39, 0.29) is 24.6 Å². The smallest absolute Gasteiger partial charge is 0.313 e. The molecule has 1 aliphatic heterocycles. The number of aromatic hydroxyl groups is 1. The summed E-state index contributed by atoms with van der Waals surface area (Å²) in [4.78, 5) is 23.8. The number of nitrogens with one attached hydrogen (secondary N) is 2. The van der Waals surface area contributed by atoms with E-state index in [9.17, 15) is 14.7 Å². The van der Waals surface area contributed by atoms with Crippen molar-refractivity contribution in [1.29, 1.82) is 0 Å². The Labute approximate surface area is 148 Å². The Hall–Kier alpha value is -2.93. The van der Waals surface area contributed by atoms with Gasteiger partial charge in [-0.2, -0.15) is 0 Å². The molecule has 0 radical (unpaired) electrons. The molecule has 3 N–H and O–H groups in total. The van der Waals surface area contributed by atoms with E-state index in [0.717, 1.165) is 0 Å². The van der Waals surface area contributed by atoms with Crippen molar-refractivity contribution in [2.45, 2.75) is 6.10 Å². The van der Waals surface area contributed by atoms with Gasteiger partial charge in [-0.05, 0) is 30.3 Å². The lowest BCUT2D eigenvalue weighted by molar-refractivity contribution is -0.136. The zero-order chi connectivity index (χ0) is 17.8. The number of hydrogen-bond acceptors (Lipinski definition) is 5. The summed E-state index contributed by atoms with van der Waals surface area (Å²) in [7, 11) is 0. The van der Waals surface area contributed by atoms with Gasteiger partial charge in [0.2, 0.25) is 0 Å². The Morgan fingerprint density at radius 3 is 2.72 bits per heavy atom. The molecular weight excluding hydrogens is 348 g/mol. The average molecular weight is 363 g/mol. The monoisotopic (exact) mass is 362 g/mol. The molecule has 1 heterocycles. The van der Waals surface area contributed by atoms with Gasteiger partial charge >= 0.3 is 11.8 Å². The number of benzene rings is 2. The number of amides is 2. The second-order valence-corrected chi connectivity index (χ2v) is 5.76. The highest BCUT2D eigenvalue weighted by Crippen LogP contribution is 2.30. The van der Waals surface area contributed by atoms with Crippen LogP contribution in [0.25, 0.3) is 0 Å². The first kappa shape index (κ1) is 16.9. The SMILES string of the molecule is O=C(NCC1COc2ccccc2O1)C(=O)Nc1cc(Cl)ccc1O. The number of anilines is 1. The Morgan fingerprint density at radius 2 is 1.92 bits per heavy atom. The number of ether oxygens (including phenoxy) is 2. The first-order valence-electron chi connectivity index (χ1n) is 7.49. The highest BCUT2D eigenvalue weighted by molar-refractivity contribution is 6.40. The van der Waals surface area contributed by atoms with E-state index < -0.39 is 17.9 Å². The summed E-state index contributed by atoms with van der Waals surface area (Å²) in [6, 6.07) is 11.3. The molecule has 0 fully saturated rings.